The standard InChI is InChI=1S/C13H15ClN4O2/c1-8-2-11(20-17-8)3-9-6-18(7-12(9)19)13-15-4-10(14)5-16-13/h2,4-5,9,12,19H,3,6-7H2,1H3/t9-,12-/m1/s1. The molecule has 3 rings (SSSR count). The molecule has 0 bridgehead atoms. The molecular formula is C13H15ClN4O2. The first kappa shape index (κ1) is 13.3. The first-order chi connectivity index (χ1) is 9.61. The van der Waals surface area contributed by atoms with E-state index in [-0.39, 0.29) is 5.92 Å². The molecule has 0 aromatic carbocycles. The number of aromatic nitrogens is 3. The Bertz CT molecular complexity index is 586. The Kier molecular flexibility index (Phi) is 3.58. The zero-order chi connectivity index (χ0) is 14.1. The van der Waals surface area contributed by atoms with E-state index in [1.54, 1.807) is 12.4 Å². The zero-order valence-corrected chi connectivity index (χ0v) is 11.8. The normalized spacial score (nSPS) is 22.4. The van der Waals surface area contributed by atoms with E-state index in [0.29, 0.717) is 30.5 Å². The Balaban J connectivity index is 1.68. The molecule has 7 heteroatoms. The Morgan fingerprint density at radius 3 is 2.80 bits per heavy atom. The highest BCUT2D eigenvalue weighted by molar-refractivity contribution is 6.30. The molecule has 0 spiro atoms. The van der Waals surface area contributed by atoms with Crippen molar-refractivity contribution in [2.75, 3.05) is 18.0 Å². The molecule has 1 fully saturated rings. The van der Waals surface area contributed by atoms with Crippen molar-refractivity contribution in [2.24, 2.45) is 5.92 Å². The molecule has 1 aliphatic heterocycles. The quantitative estimate of drug-likeness (QED) is 0.924. The second kappa shape index (κ2) is 5.38. The van der Waals surface area contributed by atoms with E-state index in [1.165, 1.54) is 0 Å². The van der Waals surface area contributed by atoms with Crippen LogP contribution in [0.15, 0.2) is 23.0 Å². The second-order valence-electron chi connectivity index (χ2n) is 5.07. The predicted molar refractivity (Wildman–Crippen MR) is 73.7 cm³/mol. The van der Waals surface area contributed by atoms with Gasteiger partial charge in [0.1, 0.15) is 5.76 Å². The number of aliphatic hydroxyl groups is 1. The number of hydrogen-bond acceptors (Lipinski definition) is 6. The fourth-order valence-electron chi connectivity index (χ4n) is 2.46. The molecular weight excluding hydrogens is 280 g/mol. The summed E-state index contributed by atoms with van der Waals surface area (Å²) in [7, 11) is 0. The van der Waals surface area contributed by atoms with Crippen LogP contribution in [-0.4, -0.2) is 39.4 Å². The molecule has 0 radical (unpaired) electrons. The number of β-amino-alcohol motifs (C(OH)–C–C–N with tert-alkyl or cyclic N) is 1. The summed E-state index contributed by atoms with van der Waals surface area (Å²) in [4.78, 5) is 10.3. The van der Waals surface area contributed by atoms with Gasteiger partial charge in [0.25, 0.3) is 0 Å². The third kappa shape index (κ3) is 2.76. The van der Waals surface area contributed by atoms with Gasteiger partial charge in [-0.2, -0.15) is 0 Å². The summed E-state index contributed by atoms with van der Waals surface area (Å²) < 4.78 is 5.20. The van der Waals surface area contributed by atoms with Crippen LogP contribution in [-0.2, 0) is 6.42 Å². The summed E-state index contributed by atoms with van der Waals surface area (Å²) in [6.45, 7) is 3.08. The van der Waals surface area contributed by atoms with E-state index in [0.717, 1.165) is 11.5 Å². The summed E-state index contributed by atoms with van der Waals surface area (Å²) in [6, 6.07) is 1.90. The second-order valence-corrected chi connectivity index (χ2v) is 5.51. The molecule has 2 aromatic heterocycles. The molecule has 106 valence electrons. The van der Waals surface area contributed by atoms with Gasteiger partial charge in [0.15, 0.2) is 0 Å². The third-order valence-electron chi connectivity index (χ3n) is 3.44. The first-order valence-electron chi connectivity index (χ1n) is 6.44. The van der Waals surface area contributed by atoms with Crippen LogP contribution >= 0.6 is 11.6 Å². The van der Waals surface area contributed by atoms with Gasteiger partial charge in [-0.1, -0.05) is 16.8 Å². The number of rotatable bonds is 3. The fraction of sp³-hybridized carbons (Fsp3) is 0.462. The number of aryl methyl sites for hydroxylation is 1. The lowest BCUT2D eigenvalue weighted by molar-refractivity contribution is 0.143. The van der Waals surface area contributed by atoms with Gasteiger partial charge in [0.2, 0.25) is 5.95 Å². The van der Waals surface area contributed by atoms with Crippen LogP contribution in [0, 0.1) is 12.8 Å². The molecule has 2 aromatic rings. The lowest BCUT2D eigenvalue weighted by Crippen LogP contribution is -2.23. The number of anilines is 1. The van der Waals surface area contributed by atoms with Crippen LogP contribution in [0.1, 0.15) is 11.5 Å². The van der Waals surface area contributed by atoms with Crippen molar-refractivity contribution >= 4 is 17.5 Å². The summed E-state index contributed by atoms with van der Waals surface area (Å²) >= 11 is 5.77. The van der Waals surface area contributed by atoms with Crippen LogP contribution in [0.3, 0.4) is 0 Å². The van der Waals surface area contributed by atoms with Gasteiger partial charge >= 0.3 is 0 Å². The Labute approximate surface area is 121 Å². The number of hydrogen-bond donors (Lipinski definition) is 1. The van der Waals surface area contributed by atoms with Crippen molar-refractivity contribution in [1.29, 1.82) is 0 Å². The first-order valence-corrected chi connectivity index (χ1v) is 6.82. The highest BCUT2D eigenvalue weighted by atomic mass is 35.5. The van der Waals surface area contributed by atoms with Crippen LogP contribution in [0.5, 0.6) is 0 Å². The third-order valence-corrected chi connectivity index (χ3v) is 3.63. The topological polar surface area (TPSA) is 75.3 Å². The molecule has 0 aliphatic carbocycles. The highest BCUT2D eigenvalue weighted by Gasteiger charge is 2.33. The number of aliphatic hydroxyl groups excluding tert-OH is 1. The maximum absolute atomic E-state index is 10.2. The van der Waals surface area contributed by atoms with Crippen molar-refractivity contribution < 1.29 is 9.63 Å². The van der Waals surface area contributed by atoms with Crippen molar-refractivity contribution in [1.82, 2.24) is 15.1 Å². The SMILES string of the molecule is Cc1cc(C[C@@H]2CN(c3ncc(Cl)cn3)C[C@H]2O)on1. The number of nitrogens with zero attached hydrogens (tertiary/aromatic N) is 4. The van der Waals surface area contributed by atoms with Crippen molar-refractivity contribution in [3.8, 4) is 0 Å². The summed E-state index contributed by atoms with van der Waals surface area (Å²) in [5.41, 5.74) is 0.852. The average Bonchev–Trinajstić information content (AvgIpc) is 2.98. The maximum Gasteiger partial charge on any atom is 0.225 e. The van der Waals surface area contributed by atoms with Gasteiger partial charge in [0.05, 0.1) is 29.2 Å². The van der Waals surface area contributed by atoms with Crippen molar-refractivity contribution in [3.63, 3.8) is 0 Å². The van der Waals surface area contributed by atoms with Gasteiger partial charge in [-0.3, -0.25) is 0 Å². The van der Waals surface area contributed by atoms with Crippen LogP contribution in [0.2, 0.25) is 5.02 Å². The summed E-state index contributed by atoms with van der Waals surface area (Å²) in [6.07, 6.45) is 3.35. The summed E-state index contributed by atoms with van der Waals surface area (Å²) in [5.74, 6) is 1.47. The fourth-order valence-corrected chi connectivity index (χ4v) is 2.56. The Morgan fingerprint density at radius 2 is 2.15 bits per heavy atom. The molecule has 0 amide bonds. The minimum atomic E-state index is -0.431. The zero-order valence-electron chi connectivity index (χ0n) is 11.0. The molecule has 3 heterocycles. The van der Waals surface area contributed by atoms with Crippen molar-refractivity contribution in [2.45, 2.75) is 19.4 Å². The van der Waals surface area contributed by atoms with Crippen LogP contribution < -0.4 is 4.90 Å². The molecule has 1 saturated heterocycles. The van der Waals surface area contributed by atoms with Gasteiger partial charge < -0.3 is 14.5 Å². The van der Waals surface area contributed by atoms with Crippen LogP contribution in [0.4, 0.5) is 5.95 Å². The predicted octanol–water partition coefficient (Wildman–Crippen LogP) is 1.47. The molecule has 2 atom stereocenters. The van der Waals surface area contributed by atoms with E-state index in [9.17, 15) is 5.11 Å². The molecule has 1 aliphatic rings. The Hall–Kier alpha value is -1.66. The van der Waals surface area contributed by atoms with E-state index in [4.69, 9.17) is 16.1 Å². The molecule has 1 N–H and O–H groups in total. The summed E-state index contributed by atoms with van der Waals surface area (Å²) in [5, 5.41) is 14.5. The molecule has 20 heavy (non-hydrogen) atoms. The largest absolute Gasteiger partial charge is 0.391 e. The van der Waals surface area contributed by atoms with Gasteiger partial charge in [-0.25, -0.2) is 9.97 Å². The van der Waals surface area contributed by atoms with Gasteiger partial charge in [0, 0.05) is 31.5 Å². The Morgan fingerprint density at radius 1 is 1.40 bits per heavy atom. The van der Waals surface area contributed by atoms with Crippen LogP contribution in [0.25, 0.3) is 0 Å². The molecule has 0 unspecified atom stereocenters. The van der Waals surface area contributed by atoms with E-state index < -0.39 is 6.10 Å². The monoisotopic (exact) mass is 294 g/mol. The van der Waals surface area contributed by atoms with Crippen molar-refractivity contribution in [3.05, 3.63) is 34.9 Å². The minimum Gasteiger partial charge on any atom is -0.391 e. The number of halogens is 1. The molecule has 6 nitrogen and oxygen atoms in total. The minimum absolute atomic E-state index is 0.0848. The van der Waals surface area contributed by atoms with Gasteiger partial charge in [-0.15, -0.1) is 0 Å². The lowest BCUT2D eigenvalue weighted by atomic mass is 10.0. The van der Waals surface area contributed by atoms with E-state index in [1.807, 2.05) is 17.9 Å². The van der Waals surface area contributed by atoms with E-state index in [2.05, 4.69) is 15.1 Å². The van der Waals surface area contributed by atoms with Gasteiger partial charge in [-0.05, 0) is 6.92 Å². The smallest absolute Gasteiger partial charge is 0.225 e. The molecule has 0 saturated carbocycles. The average molecular weight is 295 g/mol. The highest BCUT2D eigenvalue weighted by Crippen LogP contribution is 2.24. The van der Waals surface area contributed by atoms with E-state index >= 15 is 0 Å². The maximum atomic E-state index is 10.2. The lowest BCUT2D eigenvalue weighted by Gasteiger charge is -2.14.